The van der Waals surface area contributed by atoms with E-state index in [-0.39, 0.29) is 6.04 Å². The van der Waals surface area contributed by atoms with Crippen LogP contribution in [0, 0.1) is 0 Å². The van der Waals surface area contributed by atoms with E-state index in [2.05, 4.69) is 16.1 Å². The monoisotopic (exact) mass is 155 g/mol. The Hall–Kier alpha value is -0.410. The molecule has 1 aliphatic rings. The maximum Gasteiger partial charge on any atom is 0.217 e. The molecule has 0 aromatic carbocycles. The third kappa shape index (κ3) is 2.27. The zero-order valence-corrected chi connectivity index (χ0v) is 7.21. The highest BCUT2D eigenvalue weighted by Crippen LogP contribution is 2.14. The van der Waals surface area contributed by atoms with Crippen LogP contribution in [0.3, 0.4) is 0 Å². The van der Waals surface area contributed by atoms with Crippen LogP contribution in [0.15, 0.2) is 0 Å². The summed E-state index contributed by atoms with van der Waals surface area (Å²) in [4.78, 5) is 14.7. The van der Waals surface area contributed by atoms with Gasteiger partial charge in [-0.2, -0.15) is 0 Å². The van der Waals surface area contributed by atoms with E-state index in [0.717, 1.165) is 26.1 Å². The Morgan fingerprint density at radius 2 is 2.36 bits per heavy atom. The highest BCUT2D eigenvalue weighted by molar-refractivity contribution is 5.58. The van der Waals surface area contributed by atoms with Crippen LogP contribution in [0.2, 0.25) is 0 Å². The topological polar surface area (TPSA) is 23.6 Å². The van der Waals surface area contributed by atoms with Crippen LogP contribution in [0.1, 0.15) is 12.8 Å². The number of hydrogen-bond donors (Lipinski definition) is 0. The highest BCUT2D eigenvalue weighted by atomic mass is 16.1. The van der Waals surface area contributed by atoms with Crippen LogP contribution in [0.4, 0.5) is 0 Å². The Kier molecular flexibility index (Phi) is 3.02. The smallest absolute Gasteiger partial charge is 0.217 e. The second kappa shape index (κ2) is 3.83. The van der Waals surface area contributed by atoms with Crippen molar-refractivity contribution in [3.63, 3.8) is 0 Å². The van der Waals surface area contributed by atoms with Gasteiger partial charge in [0.25, 0.3) is 0 Å². The van der Waals surface area contributed by atoms with Crippen molar-refractivity contribution in [2.75, 3.05) is 27.3 Å². The van der Waals surface area contributed by atoms with Gasteiger partial charge in [0.2, 0.25) is 6.29 Å². The van der Waals surface area contributed by atoms with Crippen molar-refractivity contribution >= 4 is 6.29 Å². The van der Waals surface area contributed by atoms with E-state index in [0.29, 0.717) is 0 Å². The lowest BCUT2D eigenvalue weighted by atomic mass is 10.2. The zero-order chi connectivity index (χ0) is 8.27. The van der Waals surface area contributed by atoms with Crippen LogP contribution in [0.25, 0.3) is 0 Å². The fourth-order valence-electron chi connectivity index (χ4n) is 1.49. The van der Waals surface area contributed by atoms with Gasteiger partial charge in [0.05, 0.1) is 12.7 Å². The van der Waals surface area contributed by atoms with Crippen molar-refractivity contribution in [2.24, 2.45) is 0 Å². The van der Waals surface area contributed by atoms with Gasteiger partial charge in [-0.05, 0) is 26.9 Å². The minimum absolute atomic E-state index is 0.0531. The average molecular weight is 155 g/mol. The van der Waals surface area contributed by atoms with Crippen molar-refractivity contribution in [3.05, 3.63) is 0 Å². The first-order valence-electron chi connectivity index (χ1n) is 4.00. The zero-order valence-electron chi connectivity index (χ0n) is 7.21. The molecule has 0 aromatic heterocycles. The molecule has 0 bridgehead atoms. The molecule has 0 N–H and O–H groups in total. The second-order valence-corrected chi connectivity index (χ2v) is 3.31. The first kappa shape index (κ1) is 8.68. The van der Waals surface area contributed by atoms with Gasteiger partial charge >= 0.3 is 0 Å². The normalized spacial score (nSPS) is 26.3. The first-order chi connectivity index (χ1) is 5.24. The molecule has 11 heavy (non-hydrogen) atoms. The quantitative estimate of drug-likeness (QED) is 0.576. The van der Waals surface area contributed by atoms with Crippen molar-refractivity contribution in [3.8, 4) is 0 Å². The largest absolute Gasteiger partial charge is 0.297 e. The summed E-state index contributed by atoms with van der Waals surface area (Å²) >= 11 is 0. The Morgan fingerprint density at radius 1 is 1.64 bits per heavy atom. The fraction of sp³-hybridized carbons (Fsp3) is 0.875. The molecule has 0 spiro atoms. The highest BCUT2D eigenvalue weighted by Gasteiger charge is 2.24. The molecule has 0 aliphatic carbocycles. The van der Waals surface area contributed by atoms with Gasteiger partial charge in [-0.25, -0.2) is 0 Å². The molecule has 1 radical (unpaired) electrons. The lowest BCUT2D eigenvalue weighted by molar-refractivity contribution is 0.188. The summed E-state index contributed by atoms with van der Waals surface area (Å²) < 4.78 is 0. The summed E-state index contributed by atoms with van der Waals surface area (Å²) in [6, 6.07) is 0.0531. The van der Waals surface area contributed by atoms with Gasteiger partial charge in [0.1, 0.15) is 0 Å². The van der Waals surface area contributed by atoms with Crippen molar-refractivity contribution < 1.29 is 4.79 Å². The lowest BCUT2D eigenvalue weighted by Crippen LogP contribution is -2.37. The van der Waals surface area contributed by atoms with Gasteiger partial charge in [-0.15, -0.1) is 0 Å². The summed E-state index contributed by atoms with van der Waals surface area (Å²) in [7, 11) is 4.03. The van der Waals surface area contributed by atoms with Gasteiger partial charge in [0, 0.05) is 6.54 Å². The molecule has 1 atom stereocenters. The summed E-state index contributed by atoms with van der Waals surface area (Å²) in [6.07, 6.45) is 4.18. The van der Waals surface area contributed by atoms with E-state index < -0.39 is 0 Å². The van der Waals surface area contributed by atoms with Gasteiger partial charge in [0.15, 0.2) is 0 Å². The van der Waals surface area contributed by atoms with Gasteiger partial charge in [-0.3, -0.25) is 14.6 Å². The van der Waals surface area contributed by atoms with Crippen LogP contribution < -0.4 is 0 Å². The molecule has 1 rings (SSSR count). The Bertz CT molecular complexity index is 136. The lowest BCUT2D eigenvalue weighted by Gasteiger charge is -2.23. The number of carbonyl (C=O) groups excluding carboxylic acids is 1. The molecule has 1 aliphatic heterocycles. The van der Waals surface area contributed by atoms with E-state index in [1.807, 2.05) is 14.1 Å². The molecule has 1 saturated heterocycles. The summed E-state index contributed by atoms with van der Waals surface area (Å²) in [5.41, 5.74) is 0. The van der Waals surface area contributed by atoms with Crippen LogP contribution in [-0.2, 0) is 4.79 Å². The van der Waals surface area contributed by atoms with Crippen LogP contribution >= 0.6 is 0 Å². The van der Waals surface area contributed by atoms with E-state index in [9.17, 15) is 4.79 Å². The van der Waals surface area contributed by atoms with Crippen molar-refractivity contribution in [1.82, 2.24) is 9.80 Å². The van der Waals surface area contributed by atoms with Crippen molar-refractivity contribution in [1.29, 1.82) is 0 Å². The summed E-state index contributed by atoms with van der Waals surface area (Å²) in [5.74, 6) is 0. The second-order valence-electron chi connectivity index (χ2n) is 3.31. The number of hydrogen-bond acceptors (Lipinski definition) is 3. The predicted molar refractivity (Wildman–Crippen MR) is 44.0 cm³/mol. The molecule has 63 valence electrons. The Balaban J connectivity index is 2.37. The van der Waals surface area contributed by atoms with Crippen LogP contribution in [0.5, 0.6) is 0 Å². The van der Waals surface area contributed by atoms with E-state index >= 15 is 0 Å². The molecule has 0 saturated carbocycles. The van der Waals surface area contributed by atoms with Gasteiger partial charge < -0.3 is 0 Å². The molecule has 0 aromatic rings. The summed E-state index contributed by atoms with van der Waals surface area (Å²) in [5, 5.41) is 0. The molecule has 0 amide bonds. The standard InChI is InChI=1S/C8H15N2O/c1-9(2)7-10-5-3-4-8(10)6-11/h8H,3-5,7H2,1-2H3. The third-order valence-corrected chi connectivity index (χ3v) is 1.96. The maximum atomic E-state index is 10.4. The predicted octanol–water partition coefficient (Wildman–Crippen LogP) is 0.0796. The molecule has 3 nitrogen and oxygen atoms in total. The van der Waals surface area contributed by atoms with E-state index in [1.54, 1.807) is 0 Å². The third-order valence-electron chi connectivity index (χ3n) is 1.96. The minimum Gasteiger partial charge on any atom is -0.297 e. The van der Waals surface area contributed by atoms with E-state index in [4.69, 9.17) is 0 Å². The number of likely N-dealkylation sites (tertiary alicyclic amines) is 1. The fourth-order valence-corrected chi connectivity index (χ4v) is 1.49. The Morgan fingerprint density at radius 3 is 2.91 bits per heavy atom. The SMILES string of the molecule is CN(C)CN1CCCC1[C]=O. The molecule has 1 unspecified atom stereocenters. The average Bonchev–Trinajstić information content (AvgIpc) is 2.34. The van der Waals surface area contributed by atoms with E-state index in [1.165, 1.54) is 0 Å². The molecule has 3 heteroatoms. The maximum absolute atomic E-state index is 10.4. The van der Waals surface area contributed by atoms with Crippen molar-refractivity contribution in [2.45, 2.75) is 18.9 Å². The van der Waals surface area contributed by atoms with Gasteiger partial charge in [-0.1, -0.05) is 0 Å². The molecular weight excluding hydrogens is 140 g/mol. The van der Waals surface area contributed by atoms with Crippen LogP contribution in [-0.4, -0.2) is 49.4 Å². The number of rotatable bonds is 3. The molecular formula is C8H15N2O. The molecule has 1 fully saturated rings. The minimum atomic E-state index is 0.0531. The Labute approximate surface area is 68.0 Å². The first-order valence-corrected chi connectivity index (χ1v) is 4.00. The molecule has 1 heterocycles. The number of nitrogens with zero attached hydrogens (tertiary/aromatic N) is 2. The summed E-state index contributed by atoms with van der Waals surface area (Å²) in [6.45, 7) is 1.91.